The Morgan fingerprint density at radius 1 is 1.17 bits per heavy atom. The van der Waals surface area contributed by atoms with Crippen LogP contribution in [0.1, 0.15) is 17.0 Å². The predicted molar refractivity (Wildman–Crippen MR) is 88.6 cm³/mol. The lowest BCUT2D eigenvalue weighted by molar-refractivity contribution is -0.141. The fourth-order valence-corrected chi connectivity index (χ4v) is 3.32. The van der Waals surface area contributed by atoms with Crippen LogP contribution in [0, 0.1) is 5.92 Å². The van der Waals surface area contributed by atoms with Gasteiger partial charge in [0.15, 0.2) is 0 Å². The predicted octanol–water partition coefficient (Wildman–Crippen LogP) is 3.00. The first-order valence-electron chi connectivity index (χ1n) is 7.80. The molecule has 1 aliphatic rings. The molecule has 3 rings (SSSR count). The molecule has 2 atom stereocenters. The molecule has 1 N–H and O–H groups in total. The molecule has 0 radical (unpaired) electrons. The Balaban J connectivity index is 1.79. The maximum absolute atomic E-state index is 11.7. The molecule has 0 aliphatic carbocycles. The molecular formula is C19H21NO3. The summed E-state index contributed by atoms with van der Waals surface area (Å²) >= 11 is 0. The van der Waals surface area contributed by atoms with Crippen molar-refractivity contribution in [1.82, 2.24) is 4.90 Å². The molecule has 0 saturated carbocycles. The number of carbonyl (C=O) groups is 1. The number of aliphatic carboxylic acids is 1. The zero-order chi connectivity index (χ0) is 16.2. The van der Waals surface area contributed by atoms with E-state index in [1.165, 1.54) is 5.56 Å². The van der Waals surface area contributed by atoms with E-state index in [-0.39, 0.29) is 11.8 Å². The molecule has 4 heteroatoms. The van der Waals surface area contributed by atoms with Crippen LogP contribution in [0.2, 0.25) is 0 Å². The molecule has 1 fully saturated rings. The Labute approximate surface area is 136 Å². The summed E-state index contributed by atoms with van der Waals surface area (Å²) < 4.78 is 5.27. The van der Waals surface area contributed by atoms with E-state index >= 15 is 0 Å². The summed E-state index contributed by atoms with van der Waals surface area (Å²) in [5.41, 5.74) is 2.25. The Morgan fingerprint density at radius 2 is 1.96 bits per heavy atom. The molecule has 2 aromatic carbocycles. The quantitative estimate of drug-likeness (QED) is 0.922. The maximum Gasteiger partial charge on any atom is 0.308 e. The molecule has 0 unspecified atom stereocenters. The van der Waals surface area contributed by atoms with E-state index in [1.54, 1.807) is 7.11 Å². The highest BCUT2D eigenvalue weighted by molar-refractivity contribution is 5.72. The fourth-order valence-electron chi connectivity index (χ4n) is 3.32. The van der Waals surface area contributed by atoms with Crippen molar-refractivity contribution < 1.29 is 14.6 Å². The third kappa shape index (κ3) is 3.54. The number of likely N-dealkylation sites (tertiary alicyclic amines) is 1. The van der Waals surface area contributed by atoms with Crippen molar-refractivity contribution >= 4 is 5.97 Å². The monoisotopic (exact) mass is 311 g/mol. The van der Waals surface area contributed by atoms with Gasteiger partial charge >= 0.3 is 5.97 Å². The lowest BCUT2D eigenvalue weighted by Crippen LogP contribution is -2.23. The standard InChI is InChI=1S/C19H21NO3/c1-23-16-9-5-8-15(10-16)17-12-20(13-18(17)19(21)22)11-14-6-3-2-4-7-14/h2-10,17-18H,11-13H2,1H3,(H,21,22)/t17-,18+/m0/s1. The Kier molecular flexibility index (Phi) is 4.63. The van der Waals surface area contributed by atoms with E-state index in [4.69, 9.17) is 4.74 Å². The number of methoxy groups -OCH3 is 1. The molecule has 1 aliphatic heterocycles. The second-order valence-electron chi connectivity index (χ2n) is 6.01. The van der Waals surface area contributed by atoms with Crippen LogP contribution in [0.25, 0.3) is 0 Å². The Bertz CT molecular complexity index is 671. The van der Waals surface area contributed by atoms with E-state index in [0.29, 0.717) is 6.54 Å². The van der Waals surface area contributed by atoms with E-state index in [0.717, 1.165) is 24.4 Å². The molecule has 1 heterocycles. The summed E-state index contributed by atoms with van der Waals surface area (Å²) in [5.74, 6) is -0.348. The van der Waals surface area contributed by atoms with Gasteiger partial charge in [0, 0.05) is 25.6 Å². The second-order valence-corrected chi connectivity index (χ2v) is 6.01. The summed E-state index contributed by atoms with van der Waals surface area (Å²) in [4.78, 5) is 13.9. The number of rotatable bonds is 5. The van der Waals surface area contributed by atoms with Gasteiger partial charge in [-0.2, -0.15) is 0 Å². The van der Waals surface area contributed by atoms with Crippen molar-refractivity contribution in [3.05, 3.63) is 65.7 Å². The minimum Gasteiger partial charge on any atom is -0.497 e. The lowest BCUT2D eigenvalue weighted by Gasteiger charge is -2.17. The first-order valence-corrected chi connectivity index (χ1v) is 7.80. The average molecular weight is 311 g/mol. The molecular weight excluding hydrogens is 290 g/mol. The lowest BCUT2D eigenvalue weighted by atomic mass is 9.89. The topological polar surface area (TPSA) is 49.8 Å². The van der Waals surface area contributed by atoms with Crippen LogP contribution in [0.4, 0.5) is 0 Å². The summed E-state index contributed by atoms with van der Waals surface area (Å²) in [6.45, 7) is 2.11. The average Bonchev–Trinajstić information content (AvgIpc) is 3.00. The third-order valence-corrected chi connectivity index (χ3v) is 4.48. The molecule has 0 aromatic heterocycles. The smallest absolute Gasteiger partial charge is 0.308 e. The van der Waals surface area contributed by atoms with Gasteiger partial charge < -0.3 is 9.84 Å². The SMILES string of the molecule is COc1cccc([C@@H]2CN(Cc3ccccc3)C[C@H]2C(=O)O)c1. The molecule has 23 heavy (non-hydrogen) atoms. The van der Waals surface area contributed by atoms with Crippen LogP contribution >= 0.6 is 0 Å². The fraction of sp³-hybridized carbons (Fsp3) is 0.316. The largest absolute Gasteiger partial charge is 0.497 e. The highest BCUT2D eigenvalue weighted by Crippen LogP contribution is 2.35. The molecule has 1 saturated heterocycles. The number of nitrogens with zero attached hydrogens (tertiary/aromatic N) is 1. The summed E-state index contributed by atoms with van der Waals surface area (Å²) in [6, 6.07) is 17.9. The van der Waals surface area contributed by atoms with Crippen molar-refractivity contribution in [1.29, 1.82) is 0 Å². The molecule has 0 amide bonds. The Morgan fingerprint density at radius 3 is 2.65 bits per heavy atom. The van der Waals surface area contributed by atoms with Crippen LogP contribution in [0.5, 0.6) is 5.75 Å². The molecule has 0 spiro atoms. The molecule has 0 bridgehead atoms. The van der Waals surface area contributed by atoms with Crippen LogP contribution < -0.4 is 4.74 Å². The van der Waals surface area contributed by atoms with Crippen molar-refractivity contribution in [3.63, 3.8) is 0 Å². The van der Waals surface area contributed by atoms with Crippen molar-refractivity contribution in [3.8, 4) is 5.75 Å². The number of benzene rings is 2. The van der Waals surface area contributed by atoms with Crippen LogP contribution in [0.3, 0.4) is 0 Å². The third-order valence-electron chi connectivity index (χ3n) is 4.48. The van der Waals surface area contributed by atoms with Crippen molar-refractivity contribution in [2.45, 2.75) is 12.5 Å². The van der Waals surface area contributed by atoms with Crippen LogP contribution in [-0.2, 0) is 11.3 Å². The summed E-state index contributed by atoms with van der Waals surface area (Å²) in [6.07, 6.45) is 0. The van der Waals surface area contributed by atoms with Gasteiger partial charge in [-0.05, 0) is 23.3 Å². The number of hydrogen-bond acceptors (Lipinski definition) is 3. The first kappa shape index (κ1) is 15.6. The van der Waals surface area contributed by atoms with E-state index in [2.05, 4.69) is 17.0 Å². The zero-order valence-corrected chi connectivity index (χ0v) is 13.2. The second kappa shape index (κ2) is 6.84. The number of ether oxygens (including phenoxy) is 1. The number of carboxylic acids is 1. The van der Waals surface area contributed by atoms with Gasteiger partial charge in [-0.25, -0.2) is 0 Å². The Hall–Kier alpha value is -2.33. The molecule has 120 valence electrons. The highest BCUT2D eigenvalue weighted by Gasteiger charge is 2.38. The molecule has 4 nitrogen and oxygen atoms in total. The van der Waals surface area contributed by atoms with Gasteiger partial charge in [0.1, 0.15) is 5.75 Å². The van der Waals surface area contributed by atoms with Crippen LogP contribution in [-0.4, -0.2) is 36.2 Å². The van der Waals surface area contributed by atoms with Gasteiger partial charge in [0.2, 0.25) is 0 Å². The van der Waals surface area contributed by atoms with Crippen molar-refractivity contribution in [2.75, 3.05) is 20.2 Å². The van der Waals surface area contributed by atoms with Crippen LogP contribution in [0.15, 0.2) is 54.6 Å². The minimum absolute atomic E-state index is 0.00804. The van der Waals surface area contributed by atoms with Gasteiger partial charge in [-0.15, -0.1) is 0 Å². The normalized spacial score (nSPS) is 21.3. The van der Waals surface area contributed by atoms with E-state index < -0.39 is 5.97 Å². The van der Waals surface area contributed by atoms with E-state index in [9.17, 15) is 9.90 Å². The summed E-state index contributed by atoms with van der Waals surface area (Å²) in [5, 5.41) is 9.60. The van der Waals surface area contributed by atoms with Gasteiger partial charge in [-0.1, -0.05) is 42.5 Å². The van der Waals surface area contributed by atoms with Gasteiger partial charge in [0.25, 0.3) is 0 Å². The van der Waals surface area contributed by atoms with Gasteiger partial charge in [-0.3, -0.25) is 9.69 Å². The first-order chi connectivity index (χ1) is 11.2. The zero-order valence-electron chi connectivity index (χ0n) is 13.2. The maximum atomic E-state index is 11.7. The van der Waals surface area contributed by atoms with Crippen molar-refractivity contribution in [2.24, 2.45) is 5.92 Å². The van der Waals surface area contributed by atoms with E-state index in [1.807, 2.05) is 42.5 Å². The molecule has 2 aromatic rings. The summed E-state index contributed by atoms with van der Waals surface area (Å²) in [7, 11) is 1.63. The van der Waals surface area contributed by atoms with Gasteiger partial charge in [0.05, 0.1) is 13.0 Å². The number of carboxylic acid groups (broad SMARTS) is 1. The number of hydrogen-bond donors (Lipinski definition) is 1. The minimum atomic E-state index is -0.728. The highest BCUT2D eigenvalue weighted by atomic mass is 16.5.